The predicted molar refractivity (Wildman–Crippen MR) is 125 cm³/mol. The van der Waals surface area contributed by atoms with Crippen molar-refractivity contribution in [2.24, 2.45) is 0 Å². The fourth-order valence-electron chi connectivity index (χ4n) is 2.70. The van der Waals surface area contributed by atoms with Crippen LogP contribution in [-0.4, -0.2) is 47.9 Å². The molecule has 0 fully saturated rings. The lowest BCUT2D eigenvalue weighted by molar-refractivity contribution is -0.384. The van der Waals surface area contributed by atoms with E-state index in [2.05, 4.69) is 11.1 Å². The first-order valence-corrected chi connectivity index (χ1v) is 9.91. The number of carbonyl (C=O) groups excluding carboxylic acids is 1. The van der Waals surface area contributed by atoms with Crippen LogP contribution in [0, 0.1) is 17.0 Å². The quantitative estimate of drug-likeness (QED) is 0.302. The van der Waals surface area contributed by atoms with Gasteiger partial charge in [-0.3, -0.25) is 19.8 Å². The van der Waals surface area contributed by atoms with Crippen LogP contribution in [0.4, 0.5) is 10.8 Å². The van der Waals surface area contributed by atoms with Crippen LogP contribution in [0.2, 0.25) is 0 Å². The molecule has 0 N–H and O–H groups in total. The summed E-state index contributed by atoms with van der Waals surface area (Å²) in [6.45, 7) is 3.24. The smallest absolute Gasteiger partial charge is 0.269 e. The maximum absolute atomic E-state index is 12.9. The molecule has 0 spiro atoms. The normalized spacial score (nSPS) is 11.1. The Morgan fingerprint density at radius 1 is 1.17 bits per heavy atom. The summed E-state index contributed by atoms with van der Waals surface area (Å²) in [7, 11) is 3.91. The largest absolute Gasteiger partial charge is 0.308 e. The van der Waals surface area contributed by atoms with Gasteiger partial charge >= 0.3 is 0 Å². The molecular formula is C21H23ClN4O3S. The van der Waals surface area contributed by atoms with Crippen molar-refractivity contribution in [3.05, 3.63) is 69.8 Å². The van der Waals surface area contributed by atoms with Crippen molar-refractivity contribution in [1.29, 1.82) is 0 Å². The molecule has 1 amide bonds. The van der Waals surface area contributed by atoms with Crippen molar-refractivity contribution in [2.45, 2.75) is 6.92 Å². The standard InChI is InChI=1S/C21H22N4O3S.ClH/c1-15-4-10-18-19(14-15)29-21(22-18)24(13-12-23(2)3)20(26)11-7-16-5-8-17(9-6-16)25(27)28;/h4-11,14H,12-13H2,1-3H3;1H. The summed E-state index contributed by atoms with van der Waals surface area (Å²) in [4.78, 5) is 31.6. The summed E-state index contributed by atoms with van der Waals surface area (Å²) in [5.74, 6) is -0.180. The van der Waals surface area contributed by atoms with Crippen LogP contribution in [-0.2, 0) is 4.79 Å². The third-order valence-electron chi connectivity index (χ3n) is 4.32. The zero-order chi connectivity index (χ0) is 21.0. The van der Waals surface area contributed by atoms with Gasteiger partial charge in [0.05, 0.1) is 15.1 Å². The lowest BCUT2D eigenvalue weighted by Crippen LogP contribution is -2.35. The van der Waals surface area contributed by atoms with Gasteiger partial charge in [-0.1, -0.05) is 17.4 Å². The zero-order valence-corrected chi connectivity index (χ0v) is 18.6. The molecule has 3 aromatic rings. The maximum atomic E-state index is 12.9. The second-order valence-corrected chi connectivity index (χ2v) is 7.95. The number of thiazole rings is 1. The van der Waals surface area contributed by atoms with Gasteiger partial charge in [0.25, 0.3) is 11.6 Å². The highest BCUT2D eigenvalue weighted by atomic mass is 35.5. The van der Waals surface area contributed by atoms with E-state index in [1.807, 2.05) is 38.1 Å². The lowest BCUT2D eigenvalue weighted by atomic mass is 10.2. The van der Waals surface area contributed by atoms with Gasteiger partial charge in [-0.05, 0) is 62.5 Å². The van der Waals surface area contributed by atoms with Crippen LogP contribution < -0.4 is 4.90 Å². The van der Waals surface area contributed by atoms with Crippen LogP contribution in [0.25, 0.3) is 16.3 Å². The molecule has 0 aliphatic heterocycles. The van der Waals surface area contributed by atoms with Crippen LogP contribution in [0.1, 0.15) is 11.1 Å². The first kappa shape index (κ1) is 23.5. The van der Waals surface area contributed by atoms with Gasteiger partial charge in [-0.15, -0.1) is 12.4 Å². The van der Waals surface area contributed by atoms with Gasteiger partial charge < -0.3 is 4.90 Å². The molecule has 9 heteroatoms. The Hall–Kier alpha value is -2.81. The Balaban J connectivity index is 0.00000320. The molecule has 1 heterocycles. The highest BCUT2D eigenvalue weighted by Gasteiger charge is 2.18. The van der Waals surface area contributed by atoms with Crippen molar-refractivity contribution in [1.82, 2.24) is 9.88 Å². The van der Waals surface area contributed by atoms with Crippen LogP contribution in [0.3, 0.4) is 0 Å². The molecule has 0 aliphatic rings. The van der Waals surface area contributed by atoms with Gasteiger partial charge in [0.2, 0.25) is 0 Å². The van der Waals surface area contributed by atoms with E-state index < -0.39 is 4.92 Å². The lowest BCUT2D eigenvalue weighted by Gasteiger charge is -2.20. The Morgan fingerprint density at radius 2 is 1.87 bits per heavy atom. The van der Waals surface area contributed by atoms with Crippen molar-refractivity contribution in [3.63, 3.8) is 0 Å². The van der Waals surface area contributed by atoms with Gasteiger partial charge in [0.15, 0.2) is 5.13 Å². The summed E-state index contributed by atoms with van der Waals surface area (Å²) < 4.78 is 1.04. The van der Waals surface area contributed by atoms with E-state index in [0.717, 1.165) is 21.3 Å². The van der Waals surface area contributed by atoms with Crippen LogP contribution in [0.5, 0.6) is 0 Å². The van der Waals surface area contributed by atoms with Gasteiger partial charge in [0.1, 0.15) is 0 Å². The number of hydrogen-bond acceptors (Lipinski definition) is 6. The molecule has 0 atom stereocenters. The number of fused-ring (bicyclic) bond motifs is 1. The molecule has 7 nitrogen and oxygen atoms in total. The number of hydrogen-bond donors (Lipinski definition) is 0. The minimum absolute atomic E-state index is 0. The molecule has 1 aromatic heterocycles. The van der Waals surface area contributed by atoms with E-state index in [-0.39, 0.29) is 24.0 Å². The Bertz CT molecular complexity index is 1060. The number of anilines is 1. The van der Waals surface area contributed by atoms with E-state index in [0.29, 0.717) is 18.2 Å². The van der Waals surface area contributed by atoms with Crippen molar-refractivity contribution < 1.29 is 9.72 Å². The Kier molecular flexibility index (Phi) is 8.05. The number of likely N-dealkylation sites (N-methyl/N-ethyl adjacent to an activating group) is 1. The average Bonchev–Trinajstić information content (AvgIpc) is 3.09. The van der Waals surface area contributed by atoms with E-state index >= 15 is 0 Å². The Labute approximate surface area is 185 Å². The molecule has 0 saturated carbocycles. The van der Waals surface area contributed by atoms with Crippen LogP contribution in [0.15, 0.2) is 48.5 Å². The number of aromatic nitrogens is 1. The summed E-state index contributed by atoms with van der Waals surface area (Å²) in [5.41, 5.74) is 2.76. The number of benzene rings is 2. The van der Waals surface area contributed by atoms with E-state index in [1.165, 1.54) is 29.5 Å². The first-order valence-electron chi connectivity index (χ1n) is 9.09. The van der Waals surface area contributed by atoms with Gasteiger partial charge in [-0.2, -0.15) is 0 Å². The molecule has 0 aliphatic carbocycles. The molecule has 2 aromatic carbocycles. The number of aryl methyl sites for hydroxylation is 1. The minimum Gasteiger partial charge on any atom is -0.308 e. The second-order valence-electron chi connectivity index (χ2n) is 6.94. The number of nitro benzene ring substituents is 1. The summed E-state index contributed by atoms with van der Waals surface area (Å²) in [5, 5.41) is 11.4. The fraction of sp³-hybridized carbons (Fsp3) is 0.238. The number of rotatable bonds is 7. The number of amides is 1. The van der Waals surface area contributed by atoms with Crippen molar-refractivity contribution in [2.75, 3.05) is 32.1 Å². The molecule has 0 saturated heterocycles. The summed E-state index contributed by atoms with van der Waals surface area (Å²) >= 11 is 1.49. The molecule has 0 radical (unpaired) electrons. The number of carbonyl (C=O) groups is 1. The molecule has 158 valence electrons. The highest BCUT2D eigenvalue weighted by molar-refractivity contribution is 7.22. The molecular weight excluding hydrogens is 424 g/mol. The van der Waals surface area contributed by atoms with Gasteiger partial charge in [-0.25, -0.2) is 4.98 Å². The van der Waals surface area contributed by atoms with Crippen molar-refractivity contribution >= 4 is 56.8 Å². The molecule has 3 rings (SSSR count). The van der Waals surface area contributed by atoms with E-state index in [4.69, 9.17) is 0 Å². The van der Waals surface area contributed by atoms with E-state index in [1.54, 1.807) is 23.1 Å². The maximum Gasteiger partial charge on any atom is 0.269 e. The zero-order valence-electron chi connectivity index (χ0n) is 16.9. The summed E-state index contributed by atoms with van der Waals surface area (Å²) in [6.07, 6.45) is 3.14. The van der Waals surface area contributed by atoms with E-state index in [9.17, 15) is 14.9 Å². The first-order chi connectivity index (χ1) is 13.8. The third-order valence-corrected chi connectivity index (χ3v) is 5.36. The topological polar surface area (TPSA) is 79.6 Å². The van der Waals surface area contributed by atoms with Crippen molar-refractivity contribution in [3.8, 4) is 0 Å². The number of non-ortho nitro benzene ring substituents is 1. The minimum atomic E-state index is -0.448. The van der Waals surface area contributed by atoms with Crippen LogP contribution >= 0.6 is 23.7 Å². The molecule has 0 unspecified atom stereocenters. The highest BCUT2D eigenvalue weighted by Crippen LogP contribution is 2.29. The second kappa shape index (κ2) is 10.3. The fourth-order valence-corrected chi connectivity index (χ4v) is 3.80. The Morgan fingerprint density at radius 3 is 2.50 bits per heavy atom. The number of nitrogens with zero attached hydrogens (tertiary/aromatic N) is 4. The average molecular weight is 447 g/mol. The van der Waals surface area contributed by atoms with Gasteiger partial charge in [0, 0.05) is 31.3 Å². The molecule has 30 heavy (non-hydrogen) atoms. The monoisotopic (exact) mass is 446 g/mol. The predicted octanol–water partition coefficient (Wildman–Crippen LogP) is 4.54. The SMILES string of the molecule is Cc1ccc2nc(N(CCN(C)C)C(=O)C=Cc3ccc([N+](=O)[O-])cc3)sc2c1.Cl. The molecule has 0 bridgehead atoms. The number of halogens is 1. The number of nitro groups is 1. The third kappa shape index (κ3) is 5.85. The summed E-state index contributed by atoms with van der Waals surface area (Å²) in [6, 6.07) is 12.1.